The minimum Gasteiger partial charge on any atom is -0.490 e. The molecule has 3 aromatic rings. The van der Waals surface area contributed by atoms with E-state index in [1.54, 1.807) is 12.3 Å². The predicted octanol–water partition coefficient (Wildman–Crippen LogP) is 3.68. The van der Waals surface area contributed by atoms with Gasteiger partial charge in [-0.25, -0.2) is 13.8 Å². The third-order valence-electron chi connectivity index (χ3n) is 3.74. The molecule has 1 amide bonds. The highest BCUT2D eigenvalue weighted by molar-refractivity contribution is 7.13. The number of likely N-dealkylation sites (N-methyl/N-ethyl adjacent to an activating group) is 1. The summed E-state index contributed by atoms with van der Waals surface area (Å²) in [5.41, 5.74) is 0.185. The summed E-state index contributed by atoms with van der Waals surface area (Å²) in [7, 11) is 3.85. The molecule has 2 heterocycles. The van der Waals surface area contributed by atoms with Gasteiger partial charge in [-0.15, -0.1) is 11.3 Å². The van der Waals surface area contributed by atoms with Crippen LogP contribution in [0.25, 0.3) is 10.6 Å². The van der Waals surface area contributed by atoms with E-state index >= 15 is 0 Å². The highest BCUT2D eigenvalue weighted by atomic mass is 32.1. The summed E-state index contributed by atoms with van der Waals surface area (Å²) >= 11 is 0.987. The van der Waals surface area contributed by atoms with Crippen molar-refractivity contribution in [3.63, 3.8) is 0 Å². The number of hydrogen-bond acceptors (Lipinski definition) is 6. The van der Waals surface area contributed by atoms with E-state index in [4.69, 9.17) is 4.74 Å². The van der Waals surface area contributed by atoms with Gasteiger partial charge in [-0.3, -0.25) is 9.78 Å². The van der Waals surface area contributed by atoms with E-state index in [0.717, 1.165) is 23.5 Å². The van der Waals surface area contributed by atoms with Gasteiger partial charge in [0, 0.05) is 24.2 Å². The lowest BCUT2D eigenvalue weighted by Gasteiger charge is -2.13. The van der Waals surface area contributed by atoms with Crippen molar-refractivity contribution in [3.8, 4) is 16.3 Å². The zero-order chi connectivity index (χ0) is 20.1. The molecule has 1 N–H and O–H groups in total. The van der Waals surface area contributed by atoms with Gasteiger partial charge in [-0.05, 0) is 26.2 Å². The summed E-state index contributed by atoms with van der Waals surface area (Å²) < 4.78 is 33.5. The van der Waals surface area contributed by atoms with Crippen LogP contribution in [0.1, 0.15) is 10.5 Å². The molecule has 3 rings (SSSR count). The lowest BCUT2D eigenvalue weighted by molar-refractivity contribution is 0.102. The topological polar surface area (TPSA) is 67.3 Å². The first kappa shape index (κ1) is 19.8. The molecule has 9 heteroatoms. The van der Waals surface area contributed by atoms with Crippen molar-refractivity contribution in [1.82, 2.24) is 14.9 Å². The Labute approximate surface area is 164 Å². The second-order valence-corrected chi connectivity index (χ2v) is 6.97. The molecule has 2 aromatic heterocycles. The van der Waals surface area contributed by atoms with E-state index in [2.05, 4.69) is 15.3 Å². The molecule has 146 valence electrons. The fourth-order valence-electron chi connectivity index (χ4n) is 2.32. The number of aromatic nitrogens is 2. The van der Waals surface area contributed by atoms with Crippen LogP contribution >= 0.6 is 11.3 Å². The molecule has 0 saturated heterocycles. The second-order valence-electron chi connectivity index (χ2n) is 6.11. The quantitative estimate of drug-likeness (QED) is 0.651. The van der Waals surface area contributed by atoms with Crippen LogP contribution in [0.2, 0.25) is 0 Å². The molecule has 0 unspecified atom stereocenters. The Morgan fingerprint density at radius 1 is 1.25 bits per heavy atom. The van der Waals surface area contributed by atoms with Crippen molar-refractivity contribution in [2.24, 2.45) is 0 Å². The summed E-state index contributed by atoms with van der Waals surface area (Å²) in [6, 6.07) is 5.21. The van der Waals surface area contributed by atoms with Gasteiger partial charge < -0.3 is 15.0 Å². The van der Waals surface area contributed by atoms with Crippen LogP contribution in [0.5, 0.6) is 5.75 Å². The summed E-state index contributed by atoms with van der Waals surface area (Å²) in [6.45, 7) is 1.15. The van der Waals surface area contributed by atoms with E-state index in [0.29, 0.717) is 24.6 Å². The monoisotopic (exact) mass is 404 g/mol. The summed E-state index contributed by atoms with van der Waals surface area (Å²) in [5, 5.41) is 4.21. The largest absolute Gasteiger partial charge is 0.490 e. The summed E-state index contributed by atoms with van der Waals surface area (Å²) in [6.07, 6.45) is 3.02. The van der Waals surface area contributed by atoms with Crippen molar-refractivity contribution >= 4 is 22.9 Å². The minimum atomic E-state index is -0.731. The molecule has 0 aliphatic heterocycles. The number of halogens is 2. The molecule has 0 radical (unpaired) electrons. The van der Waals surface area contributed by atoms with E-state index in [9.17, 15) is 13.6 Å². The Bertz CT molecular complexity index is 958. The molecule has 28 heavy (non-hydrogen) atoms. The third-order valence-corrected chi connectivity index (χ3v) is 4.60. The number of ether oxygens (including phenoxy) is 1. The highest BCUT2D eigenvalue weighted by Gasteiger charge is 2.18. The summed E-state index contributed by atoms with van der Waals surface area (Å²) in [4.78, 5) is 22.5. The predicted molar refractivity (Wildman–Crippen MR) is 104 cm³/mol. The fraction of sp³-hybridized carbons (Fsp3) is 0.211. The Kier molecular flexibility index (Phi) is 6.27. The maximum absolute atomic E-state index is 13.9. The molecular weight excluding hydrogens is 386 g/mol. The normalized spacial score (nSPS) is 10.9. The van der Waals surface area contributed by atoms with Gasteiger partial charge in [-0.1, -0.05) is 6.07 Å². The smallest absolute Gasteiger partial charge is 0.275 e. The van der Waals surface area contributed by atoms with Gasteiger partial charge in [0.2, 0.25) is 0 Å². The molecular formula is C19H18F2N4O2S. The van der Waals surface area contributed by atoms with Gasteiger partial charge in [-0.2, -0.15) is 0 Å². The van der Waals surface area contributed by atoms with Crippen molar-refractivity contribution in [1.29, 1.82) is 0 Å². The van der Waals surface area contributed by atoms with E-state index < -0.39 is 17.5 Å². The molecule has 0 spiro atoms. The van der Waals surface area contributed by atoms with Crippen LogP contribution in [0, 0.1) is 11.6 Å². The Hall–Kier alpha value is -2.91. The molecule has 0 bridgehead atoms. The van der Waals surface area contributed by atoms with Gasteiger partial charge in [0.15, 0.2) is 0 Å². The highest BCUT2D eigenvalue weighted by Crippen LogP contribution is 2.29. The van der Waals surface area contributed by atoms with Gasteiger partial charge in [0.1, 0.15) is 40.4 Å². The lowest BCUT2D eigenvalue weighted by Crippen LogP contribution is -2.20. The van der Waals surface area contributed by atoms with Crippen LogP contribution in [-0.2, 0) is 0 Å². The van der Waals surface area contributed by atoms with Crippen LogP contribution in [0.4, 0.5) is 14.5 Å². The number of rotatable bonds is 7. The fourth-order valence-corrected chi connectivity index (χ4v) is 3.17. The lowest BCUT2D eigenvalue weighted by atomic mass is 10.2. The number of nitrogens with one attached hydrogen (secondary N) is 1. The average Bonchev–Trinajstić information content (AvgIpc) is 3.12. The molecule has 1 aromatic carbocycles. The molecule has 0 aliphatic rings. The first-order valence-electron chi connectivity index (χ1n) is 8.38. The Morgan fingerprint density at radius 3 is 2.71 bits per heavy atom. The number of thiazole rings is 1. The molecule has 0 saturated carbocycles. The van der Waals surface area contributed by atoms with Gasteiger partial charge in [0.05, 0.1) is 11.8 Å². The zero-order valence-corrected chi connectivity index (χ0v) is 16.1. The molecule has 6 nitrogen and oxygen atoms in total. The van der Waals surface area contributed by atoms with E-state index in [-0.39, 0.29) is 16.3 Å². The van der Waals surface area contributed by atoms with Gasteiger partial charge >= 0.3 is 0 Å². The van der Waals surface area contributed by atoms with Crippen LogP contribution in [0.3, 0.4) is 0 Å². The second kappa shape index (κ2) is 8.85. The van der Waals surface area contributed by atoms with Crippen molar-refractivity contribution < 1.29 is 18.3 Å². The number of carbonyl (C=O) groups excluding carboxylic acids is 1. The number of anilines is 1. The zero-order valence-electron chi connectivity index (χ0n) is 15.3. The maximum atomic E-state index is 13.9. The van der Waals surface area contributed by atoms with Crippen LogP contribution in [0.15, 0.2) is 42.0 Å². The Morgan fingerprint density at radius 2 is 2.00 bits per heavy atom. The first-order chi connectivity index (χ1) is 13.5. The molecule has 0 aliphatic carbocycles. The SMILES string of the molecule is CN(C)CCOc1ccncc1NC(=O)c1csc(-c2c(F)cccc2F)n1. The molecule has 0 fully saturated rings. The number of hydrogen-bond donors (Lipinski definition) is 1. The van der Waals surface area contributed by atoms with Crippen molar-refractivity contribution in [2.45, 2.75) is 0 Å². The number of amides is 1. The van der Waals surface area contributed by atoms with Crippen LogP contribution in [-0.4, -0.2) is 48.0 Å². The van der Waals surface area contributed by atoms with Crippen molar-refractivity contribution in [3.05, 3.63) is 59.4 Å². The summed E-state index contributed by atoms with van der Waals surface area (Å²) in [5.74, 6) is -1.51. The van der Waals surface area contributed by atoms with Gasteiger partial charge in [0.25, 0.3) is 5.91 Å². The number of benzene rings is 1. The minimum absolute atomic E-state index is 0.0470. The van der Waals surface area contributed by atoms with E-state index in [1.807, 2.05) is 19.0 Å². The van der Waals surface area contributed by atoms with Crippen LogP contribution < -0.4 is 10.1 Å². The van der Waals surface area contributed by atoms with Crippen molar-refractivity contribution in [2.75, 3.05) is 32.6 Å². The number of pyridine rings is 1. The number of carbonyl (C=O) groups is 1. The number of nitrogens with zero attached hydrogens (tertiary/aromatic N) is 3. The van der Waals surface area contributed by atoms with E-state index in [1.165, 1.54) is 17.6 Å². The standard InChI is InChI=1S/C19H18F2N4O2S/c1-25(2)8-9-27-16-6-7-22-10-14(16)23-18(26)15-11-28-19(24-15)17-12(20)4-3-5-13(17)21/h3-7,10-11H,8-9H2,1-2H3,(H,23,26). The Balaban J connectivity index is 1.75. The third kappa shape index (κ3) is 4.68. The maximum Gasteiger partial charge on any atom is 0.275 e. The molecule has 0 atom stereocenters. The first-order valence-corrected chi connectivity index (χ1v) is 9.26. The average molecular weight is 404 g/mol.